The van der Waals surface area contributed by atoms with Gasteiger partial charge in [-0.25, -0.2) is 0 Å². The molecule has 1 rings (SSSR count). The van der Waals surface area contributed by atoms with Crippen molar-refractivity contribution in [3.63, 3.8) is 0 Å². The molecular formula is C14H18O2S2. The molecular weight excluding hydrogens is 264 g/mol. The molecule has 0 unspecified atom stereocenters. The van der Waals surface area contributed by atoms with Gasteiger partial charge in [0.1, 0.15) is 6.61 Å². The Hall–Kier alpha value is -0.870. The molecule has 0 heterocycles. The van der Waals surface area contributed by atoms with Crippen molar-refractivity contribution in [3.05, 3.63) is 35.9 Å². The monoisotopic (exact) mass is 282 g/mol. The molecule has 4 heteroatoms. The van der Waals surface area contributed by atoms with Gasteiger partial charge in [0.25, 0.3) is 0 Å². The summed E-state index contributed by atoms with van der Waals surface area (Å²) in [5.74, 6) is 0.464. The fourth-order valence-corrected chi connectivity index (χ4v) is 2.12. The van der Waals surface area contributed by atoms with Crippen LogP contribution in [0.15, 0.2) is 30.3 Å². The Kier molecular flexibility index (Phi) is 5.82. The number of rotatable bonds is 5. The van der Waals surface area contributed by atoms with Crippen molar-refractivity contribution in [1.82, 2.24) is 0 Å². The Morgan fingerprint density at radius 2 is 1.94 bits per heavy atom. The number of hydrogen-bond donors (Lipinski definition) is 0. The van der Waals surface area contributed by atoms with E-state index < -0.39 is 5.41 Å². The van der Waals surface area contributed by atoms with Crippen LogP contribution in [-0.2, 0) is 16.1 Å². The van der Waals surface area contributed by atoms with E-state index in [9.17, 15) is 4.79 Å². The van der Waals surface area contributed by atoms with Gasteiger partial charge in [-0.05, 0) is 26.3 Å². The maximum atomic E-state index is 12.0. The summed E-state index contributed by atoms with van der Waals surface area (Å²) in [7, 11) is 0. The van der Waals surface area contributed by atoms with E-state index in [0.29, 0.717) is 12.4 Å². The smallest absolute Gasteiger partial charge is 0.312 e. The summed E-state index contributed by atoms with van der Waals surface area (Å²) in [6, 6.07) is 9.68. The number of benzene rings is 1. The molecule has 2 nitrogen and oxygen atoms in total. The van der Waals surface area contributed by atoms with Crippen LogP contribution in [0, 0.1) is 5.41 Å². The van der Waals surface area contributed by atoms with E-state index in [1.54, 1.807) is 0 Å². The first-order valence-corrected chi connectivity index (χ1v) is 7.16. The van der Waals surface area contributed by atoms with Gasteiger partial charge in [0, 0.05) is 9.95 Å². The lowest BCUT2D eigenvalue weighted by molar-refractivity contribution is -0.154. The van der Waals surface area contributed by atoms with E-state index in [0.717, 1.165) is 9.76 Å². The molecule has 0 radical (unpaired) electrons. The zero-order valence-electron chi connectivity index (χ0n) is 10.9. The number of carbonyl (C=O) groups excluding carboxylic acids is 1. The second-order valence-electron chi connectivity index (χ2n) is 4.73. The van der Waals surface area contributed by atoms with Gasteiger partial charge in [-0.3, -0.25) is 4.79 Å². The number of thioether (sulfide) groups is 1. The summed E-state index contributed by atoms with van der Waals surface area (Å²) < 4.78 is 6.18. The second-order valence-corrected chi connectivity index (χ2v) is 6.79. The van der Waals surface area contributed by atoms with Crippen LogP contribution in [0.3, 0.4) is 0 Å². The lowest BCUT2D eigenvalue weighted by atomic mass is 9.97. The van der Waals surface area contributed by atoms with Crippen LogP contribution in [0.5, 0.6) is 0 Å². The van der Waals surface area contributed by atoms with Crippen LogP contribution in [0.4, 0.5) is 0 Å². The maximum absolute atomic E-state index is 12.0. The van der Waals surface area contributed by atoms with Crippen molar-refractivity contribution in [1.29, 1.82) is 0 Å². The molecule has 18 heavy (non-hydrogen) atoms. The van der Waals surface area contributed by atoms with Gasteiger partial charge in [-0.2, -0.15) is 0 Å². The number of ether oxygens (including phenoxy) is 1. The van der Waals surface area contributed by atoms with Crippen LogP contribution in [0.2, 0.25) is 0 Å². The second kappa shape index (κ2) is 6.90. The highest BCUT2D eigenvalue weighted by atomic mass is 32.2. The molecule has 0 saturated carbocycles. The topological polar surface area (TPSA) is 26.3 Å². The van der Waals surface area contributed by atoms with Crippen molar-refractivity contribution in [2.75, 3.05) is 5.75 Å². The summed E-state index contributed by atoms with van der Waals surface area (Å²) in [6.07, 6.45) is 0. The molecule has 0 fully saturated rings. The van der Waals surface area contributed by atoms with Crippen LogP contribution < -0.4 is 0 Å². The number of thiocarbonyl (C=S) groups is 1. The average Bonchev–Trinajstić information content (AvgIpc) is 2.35. The fourth-order valence-electron chi connectivity index (χ4n) is 1.26. The van der Waals surface area contributed by atoms with E-state index in [4.69, 9.17) is 17.0 Å². The lowest BCUT2D eigenvalue weighted by Crippen LogP contribution is -2.29. The quantitative estimate of drug-likeness (QED) is 0.605. The van der Waals surface area contributed by atoms with Crippen LogP contribution in [0.25, 0.3) is 0 Å². The number of hydrogen-bond acceptors (Lipinski definition) is 4. The first-order valence-electron chi connectivity index (χ1n) is 5.76. The van der Waals surface area contributed by atoms with Crippen LogP contribution in [0.1, 0.15) is 26.3 Å². The van der Waals surface area contributed by atoms with E-state index in [1.807, 2.05) is 51.1 Å². The Morgan fingerprint density at radius 3 is 2.50 bits per heavy atom. The van der Waals surface area contributed by atoms with E-state index in [1.165, 1.54) is 11.8 Å². The minimum absolute atomic E-state index is 0.185. The SMILES string of the molecule is CC(=S)SCC(C)(C)C(=O)OCc1ccccc1. The highest BCUT2D eigenvalue weighted by Crippen LogP contribution is 2.24. The van der Waals surface area contributed by atoms with Crippen molar-refractivity contribution in [3.8, 4) is 0 Å². The van der Waals surface area contributed by atoms with Gasteiger partial charge >= 0.3 is 5.97 Å². The van der Waals surface area contributed by atoms with Gasteiger partial charge in [0.05, 0.1) is 5.41 Å². The molecule has 0 N–H and O–H groups in total. The predicted molar refractivity (Wildman–Crippen MR) is 80.7 cm³/mol. The van der Waals surface area contributed by atoms with E-state index >= 15 is 0 Å². The molecule has 98 valence electrons. The Labute approximate surface area is 118 Å². The number of esters is 1. The van der Waals surface area contributed by atoms with E-state index in [2.05, 4.69) is 0 Å². The molecule has 0 aliphatic rings. The zero-order valence-corrected chi connectivity index (χ0v) is 12.6. The largest absolute Gasteiger partial charge is 0.460 e. The highest BCUT2D eigenvalue weighted by molar-refractivity contribution is 8.23. The molecule has 0 saturated heterocycles. The summed E-state index contributed by atoms with van der Waals surface area (Å²) in [5, 5.41) is 0. The Balaban J connectivity index is 2.46. The molecule has 0 aromatic heterocycles. The van der Waals surface area contributed by atoms with Gasteiger partial charge in [0.2, 0.25) is 0 Å². The fraction of sp³-hybridized carbons (Fsp3) is 0.429. The number of carbonyl (C=O) groups is 1. The first-order chi connectivity index (χ1) is 8.42. The van der Waals surface area contributed by atoms with Gasteiger partial charge in [-0.15, -0.1) is 11.8 Å². The summed E-state index contributed by atoms with van der Waals surface area (Å²) >= 11 is 6.52. The third-order valence-corrected chi connectivity index (χ3v) is 4.03. The first kappa shape index (κ1) is 15.2. The van der Waals surface area contributed by atoms with Crippen molar-refractivity contribution >= 4 is 34.1 Å². The highest BCUT2D eigenvalue weighted by Gasteiger charge is 2.29. The summed E-state index contributed by atoms with van der Waals surface area (Å²) in [4.78, 5) is 12.0. The average molecular weight is 282 g/mol. The minimum atomic E-state index is -0.514. The van der Waals surface area contributed by atoms with Crippen LogP contribution in [-0.4, -0.2) is 15.9 Å². The minimum Gasteiger partial charge on any atom is -0.460 e. The molecule has 0 bridgehead atoms. The molecule has 0 atom stereocenters. The molecule has 0 aliphatic carbocycles. The van der Waals surface area contributed by atoms with Gasteiger partial charge in [0.15, 0.2) is 0 Å². The molecule has 0 amide bonds. The molecule has 1 aromatic rings. The standard InChI is InChI=1S/C14H18O2S2/c1-11(17)18-10-14(2,3)13(15)16-9-12-7-5-4-6-8-12/h4-8H,9-10H2,1-3H3. The summed E-state index contributed by atoms with van der Waals surface area (Å²) in [6.45, 7) is 5.95. The summed E-state index contributed by atoms with van der Waals surface area (Å²) in [5.41, 5.74) is 0.486. The third kappa shape index (κ3) is 5.19. The maximum Gasteiger partial charge on any atom is 0.312 e. The van der Waals surface area contributed by atoms with Crippen LogP contribution >= 0.6 is 24.0 Å². The normalized spacial score (nSPS) is 11.1. The molecule has 0 aliphatic heterocycles. The Morgan fingerprint density at radius 1 is 1.33 bits per heavy atom. The van der Waals surface area contributed by atoms with Gasteiger partial charge < -0.3 is 4.74 Å². The Bertz CT molecular complexity index is 413. The van der Waals surface area contributed by atoms with Crippen molar-refractivity contribution < 1.29 is 9.53 Å². The zero-order chi connectivity index (χ0) is 13.6. The van der Waals surface area contributed by atoms with Gasteiger partial charge in [-0.1, -0.05) is 42.5 Å². The molecule has 0 spiro atoms. The van der Waals surface area contributed by atoms with E-state index in [-0.39, 0.29) is 5.97 Å². The van der Waals surface area contributed by atoms with Crippen molar-refractivity contribution in [2.45, 2.75) is 27.4 Å². The third-order valence-electron chi connectivity index (χ3n) is 2.40. The predicted octanol–water partition coefficient (Wildman–Crippen LogP) is 3.84. The molecule has 1 aromatic carbocycles. The lowest BCUT2D eigenvalue weighted by Gasteiger charge is -2.21. The van der Waals surface area contributed by atoms with Crippen molar-refractivity contribution in [2.24, 2.45) is 5.41 Å².